The first-order valence-corrected chi connectivity index (χ1v) is 12.3. The van der Waals surface area contributed by atoms with Crippen LogP contribution in [0.25, 0.3) is 0 Å². The van der Waals surface area contributed by atoms with E-state index in [1.165, 1.54) is 0 Å². The maximum absolute atomic E-state index is 10.3. The Morgan fingerprint density at radius 1 is 0.364 bits per heavy atom. The van der Waals surface area contributed by atoms with Crippen LogP contribution in [0, 0.1) is 45.3 Å². The minimum Gasteiger partial charge on any atom is -0.854 e. The van der Waals surface area contributed by atoms with Crippen molar-refractivity contribution in [2.24, 2.45) is 45.3 Å². The Balaban J connectivity index is -0.000000105. The second-order valence-corrected chi connectivity index (χ2v) is 13.7. The molecule has 5 heteroatoms. The van der Waals surface area contributed by atoms with Crippen molar-refractivity contribution < 1.29 is 20.4 Å². The molecular weight excluding hydrogens is 428 g/mol. The maximum atomic E-state index is 10.3. The molecule has 0 aromatic carbocycles. The smallest absolute Gasteiger partial charge is 0.854 e. The van der Waals surface area contributed by atoms with Gasteiger partial charge in [0, 0.05) is 0 Å². The summed E-state index contributed by atoms with van der Waals surface area (Å²) in [5.74, 6) is 1.18. The van der Waals surface area contributed by atoms with Gasteiger partial charge in [-0.1, -0.05) is 134 Å². The number of hydrogen-bond acceptors (Lipinski definition) is 4. The molecule has 200 valence electrons. The predicted octanol–water partition coefficient (Wildman–Crippen LogP) is 3.73. The summed E-state index contributed by atoms with van der Waals surface area (Å²) < 4.78 is 0. The van der Waals surface area contributed by atoms with Crippen molar-refractivity contribution in [3.8, 4) is 0 Å². The van der Waals surface area contributed by atoms with Gasteiger partial charge in [0.25, 0.3) is 0 Å². The van der Waals surface area contributed by atoms with Crippen LogP contribution in [-0.2, 0) is 0 Å². The van der Waals surface area contributed by atoms with Gasteiger partial charge in [0.15, 0.2) is 0 Å². The molecule has 0 saturated heterocycles. The van der Waals surface area contributed by atoms with Gasteiger partial charge in [0.05, 0.1) is 0 Å². The van der Waals surface area contributed by atoms with E-state index in [1.807, 2.05) is 27.7 Å². The van der Waals surface area contributed by atoms with E-state index >= 15 is 0 Å². The zero-order chi connectivity index (χ0) is 27.1. The van der Waals surface area contributed by atoms with Crippen molar-refractivity contribution in [1.29, 1.82) is 0 Å². The van der Waals surface area contributed by atoms with Crippen LogP contribution in [0.4, 0.5) is 0 Å². The summed E-state index contributed by atoms with van der Waals surface area (Å²) in [6.07, 6.45) is 0. The minimum atomic E-state index is 0. The fourth-order valence-electron chi connectivity index (χ4n) is 1.00. The average molecular weight is 489 g/mol. The molecule has 0 spiro atoms. The van der Waals surface area contributed by atoms with Crippen LogP contribution in [0.15, 0.2) is 0 Å². The zero-order valence-corrected chi connectivity index (χ0v) is 26.3. The summed E-state index contributed by atoms with van der Waals surface area (Å²) in [6.45, 7) is 33.3. The first kappa shape index (κ1) is 43.2. The Morgan fingerprint density at radius 2 is 0.455 bits per heavy atom. The first-order chi connectivity index (χ1) is 13.9. The molecule has 4 nitrogen and oxygen atoms in total. The van der Waals surface area contributed by atoms with Gasteiger partial charge < -0.3 is 20.4 Å². The normalized spacial score (nSPS) is 15.6. The Bertz CT molecular complexity index is 332. The van der Waals surface area contributed by atoms with Crippen molar-refractivity contribution in [2.45, 2.75) is 111 Å². The Labute approximate surface area is 214 Å². The van der Waals surface area contributed by atoms with Crippen LogP contribution >= 0.6 is 0 Å². The van der Waals surface area contributed by atoms with E-state index in [0.29, 0.717) is 23.7 Å². The van der Waals surface area contributed by atoms with Crippen molar-refractivity contribution in [1.82, 2.24) is 0 Å². The summed E-state index contributed by atoms with van der Waals surface area (Å²) in [7, 11) is 0. The van der Waals surface area contributed by atoms with E-state index in [1.54, 1.807) is 0 Å². The van der Waals surface area contributed by atoms with E-state index < -0.39 is 0 Å². The fraction of sp³-hybridized carbons (Fsp3) is 1.00. The van der Waals surface area contributed by atoms with Crippen LogP contribution in [0.1, 0.15) is 111 Å². The van der Waals surface area contributed by atoms with Crippen LogP contribution in [0.5, 0.6) is 0 Å². The Kier molecular flexibility index (Phi) is 25.2. The molecule has 33 heavy (non-hydrogen) atoms. The van der Waals surface area contributed by atoms with Crippen molar-refractivity contribution in [2.75, 3.05) is 26.4 Å². The van der Waals surface area contributed by atoms with Gasteiger partial charge in [0.1, 0.15) is 0 Å². The van der Waals surface area contributed by atoms with Crippen LogP contribution < -0.4 is 20.4 Å². The van der Waals surface area contributed by atoms with Crippen molar-refractivity contribution >= 4 is 11.0 Å². The Morgan fingerprint density at radius 3 is 0.455 bits per heavy atom. The quantitative estimate of drug-likeness (QED) is 0.564. The third-order valence-electron chi connectivity index (χ3n) is 6.91. The third-order valence-corrected chi connectivity index (χ3v) is 6.91. The van der Waals surface area contributed by atoms with E-state index in [9.17, 15) is 20.4 Å². The molecule has 0 bridgehead atoms. The predicted molar refractivity (Wildman–Crippen MR) is 140 cm³/mol. The monoisotopic (exact) mass is 488 g/mol. The topological polar surface area (TPSA) is 92.2 Å². The second kappa shape index (κ2) is 19.3. The third kappa shape index (κ3) is 28.2. The average Bonchev–Trinajstić information content (AvgIpc) is 2.63. The van der Waals surface area contributed by atoms with Crippen LogP contribution in [0.3, 0.4) is 0 Å². The van der Waals surface area contributed by atoms with Crippen molar-refractivity contribution in [3.05, 3.63) is 0 Å². The molecule has 0 heterocycles. The number of hydrogen-bond donors (Lipinski definition) is 0. The van der Waals surface area contributed by atoms with E-state index in [2.05, 4.69) is 83.1 Å². The van der Waals surface area contributed by atoms with E-state index in [-0.39, 0.29) is 59.1 Å². The van der Waals surface area contributed by atoms with E-state index in [0.717, 1.165) is 0 Å². The molecule has 0 rings (SSSR count). The summed E-state index contributed by atoms with van der Waals surface area (Å²) in [4.78, 5) is 0. The molecule has 0 fully saturated rings. The van der Waals surface area contributed by atoms with Gasteiger partial charge in [-0.3, -0.25) is 0 Å². The fourth-order valence-corrected chi connectivity index (χ4v) is 1.00. The molecule has 0 aromatic heterocycles. The van der Waals surface area contributed by atoms with Gasteiger partial charge in [-0.25, -0.2) is 0 Å². The molecular formula is C28H60O4Si. The molecule has 0 aliphatic heterocycles. The van der Waals surface area contributed by atoms with Gasteiger partial charge >= 0.3 is 11.0 Å². The van der Waals surface area contributed by atoms with Crippen LogP contribution in [0.2, 0.25) is 0 Å². The maximum Gasteiger partial charge on any atom is 4.00 e. The van der Waals surface area contributed by atoms with Gasteiger partial charge in [-0.2, -0.15) is 0 Å². The number of rotatable bonds is 4. The molecule has 0 amide bonds. The molecule has 0 N–H and O–H groups in total. The van der Waals surface area contributed by atoms with Crippen molar-refractivity contribution in [3.63, 3.8) is 0 Å². The molecule has 0 saturated carbocycles. The molecule has 0 aliphatic rings. The second-order valence-electron chi connectivity index (χ2n) is 13.7. The summed E-state index contributed by atoms with van der Waals surface area (Å²) >= 11 is 0. The van der Waals surface area contributed by atoms with Gasteiger partial charge in [-0.15, -0.1) is 26.4 Å². The molecule has 0 radical (unpaired) electrons. The summed E-state index contributed by atoms with van der Waals surface area (Å²) in [5, 5.41) is 41.1. The molecule has 0 aliphatic carbocycles. The molecule has 4 atom stereocenters. The van der Waals surface area contributed by atoms with Crippen LogP contribution in [-0.4, -0.2) is 37.4 Å². The van der Waals surface area contributed by atoms with E-state index in [4.69, 9.17) is 0 Å². The summed E-state index contributed by atoms with van der Waals surface area (Å²) in [5.41, 5.74) is 0.785. The summed E-state index contributed by atoms with van der Waals surface area (Å²) in [6, 6.07) is 0. The molecule has 0 aromatic rings. The Hall–Kier alpha value is 0.0569. The minimum absolute atomic E-state index is 0. The largest absolute Gasteiger partial charge is 4.00 e. The first-order valence-electron chi connectivity index (χ1n) is 12.3. The zero-order valence-electron chi connectivity index (χ0n) is 25.3. The molecule has 4 unspecified atom stereocenters. The standard InChI is InChI=1S/4C7H15O.Si/c4*1-6(5-8)7(2,3)4;/h4*6H,5H2,1-4H3;/q4*-1;+4. The SMILES string of the molecule is CC(C[O-])C(C)(C)C.CC(C[O-])C(C)(C)C.CC(C[O-])C(C)(C)C.CC(C[O-])C(C)(C)C.[Si+4]. The van der Waals surface area contributed by atoms with Gasteiger partial charge in [-0.05, 0) is 21.7 Å². The van der Waals surface area contributed by atoms with Gasteiger partial charge in [0.2, 0.25) is 0 Å².